The number of carbonyl (C=O) groups is 2. The number of benzene rings is 2. The van der Waals surface area contributed by atoms with Crippen LogP contribution in [0.5, 0.6) is 5.75 Å². The van der Waals surface area contributed by atoms with Gasteiger partial charge < -0.3 is 20.1 Å². The van der Waals surface area contributed by atoms with Gasteiger partial charge in [0.15, 0.2) is 0 Å². The van der Waals surface area contributed by atoms with Gasteiger partial charge in [0.1, 0.15) is 5.75 Å². The van der Waals surface area contributed by atoms with Gasteiger partial charge in [0, 0.05) is 32.7 Å². The average molecular weight is 478 g/mol. The van der Waals surface area contributed by atoms with E-state index in [0.717, 1.165) is 43.8 Å². The number of nitrogens with one attached hydrogen (secondary N) is 1. The lowest BCUT2D eigenvalue weighted by Crippen LogP contribution is -2.52. The SMILES string of the molecule is CCOc1cc(CN2CCC3(CC2)CN(Cc2ccc(C(=O)O)cc2)C(=O)N3)c(C2CC2)cc1C. The first kappa shape index (κ1) is 23.7. The van der Waals surface area contributed by atoms with Gasteiger partial charge in [-0.15, -0.1) is 0 Å². The number of carboxylic acids is 1. The van der Waals surface area contributed by atoms with Crippen molar-refractivity contribution in [1.82, 2.24) is 15.1 Å². The number of nitrogens with zero attached hydrogens (tertiary/aromatic N) is 2. The Morgan fingerprint density at radius 2 is 1.86 bits per heavy atom. The monoisotopic (exact) mass is 477 g/mol. The van der Waals surface area contributed by atoms with Crippen LogP contribution in [0.4, 0.5) is 4.79 Å². The first-order chi connectivity index (χ1) is 16.9. The van der Waals surface area contributed by atoms with Crippen LogP contribution in [-0.2, 0) is 13.1 Å². The molecular formula is C28H35N3O4. The first-order valence-corrected chi connectivity index (χ1v) is 12.7. The molecule has 2 aromatic rings. The molecule has 7 nitrogen and oxygen atoms in total. The molecule has 2 amide bonds. The van der Waals surface area contributed by atoms with E-state index in [2.05, 4.69) is 29.3 Å². The molecule has 0 radical (unpaired) electrons. The molecule has 7 heteroatoms. The number of hydrogen-bond donors (Lipinski definition) is 2. The molecule has 0 atom stereocenters. The molecule has 5 rings (SSSR count). The van der Waals surface area contributed by atoms with Crippen molar-refractivity contribution in [1.29, 1.82) is 0 Å². The van der Waals surface area contributed by atoms with Gasteiger partial charge in [0.2, 0.25) is 0 Å². The van der Waals surface area contributed by atoms with Crippen LogP contribution in [0.15, 0.2) is 36.4 Å². The number of carboxylic acid groups (broad SMARTS) is 1. The third-order valence-corrected chi connectivity index (χ3v) is 7.69. The molecule has 1 aliphatic carbocycles. The molecular weight excluding hydrogens is 442 g/mol. The van der Waals surface area contributed by atoms with Gasteiger partial charge in [-0.25, -0.2) is 9.59 Å². The summed E-state index contributed by atoms with van der Waals surface area (Å²) >= 11 is 0. The maximum atomic E-state index is 12.8. The van der Waals surface area contributed by atoms with Crippen molar-refractivity contribution in [3.63, 3.8) is 0 Å². The van der Waals surface area contributed by atoms with Crippen LogP contribution in [-0.4, -0.2) is 58.7 Å². The summed E-state index contributed by atoms with van der Waals surface area (Å²) in [5.74, 6) is 0.753. The van der Waals surface area contributed by atoms with Crippen molar-refractivity contribution in [2.24, 2.45) is 0 Å². The molecule has 35 heavy (non-hydrogen) atoms. The van der Waals surface area contributed by atoms with Gasteiger partial charge in [-0.3, -0.25) is 4.90 Å². The summed E-state index contributed by atoms with van der Waals surface area (Å²) in [4.78, 5) is 28.2. The van der Waals surface area contributed by atoms with Crippen LogP contribution in [0.25, 0.3) is 0 Å². The smallest absolute Gasteiger partial charge is 0.335 e. The molecule has 2 N–H and O–H groups in total. The van der Waals surface area contributed by atoms with Gasteiger partial charge in [-0.1, -0.05) is 18.2 Å². The molecule has 0 aromatic heterocycles. The number of ether oxygens (including phenoxy) is 1. The van der Waals surface area contributed by atoms with E-state index in [1.54, 1.807) is 24.3 Å². The quantitative estimate of drug-likeness (QED) is 0.584. The van der Waals surface area contributed by atoms with Crippen LogP contribution in [0.3, 0.4) is 0 Å². The van der Waals surface area contributed by atoms with Crippen molar-refractivity contribution in [3.05, 3.63) is 64.2 Å². The Hall–Kier alpha value is -3.06. The Morgan fingerprint density at radius 3 is 2.49 bits per heavy atom. The second kappa shape index (κ2) is 9.53. The lowest BCUT2D eigenvalue weighted by Gasteiger charge is -2.39. The van der Waals surface area contributed by atoms with Gasteiger partial charge >= 0.3 is 12.0 Å². The van der Waals surface area contributed by atoms with E-state index in [9.17, 15) is 9.59 Å². The van der Waals surface area contributed by atoms with Crippen LogP contribution >= 0.6 is 0 Å². The first-order valence-electron chi connectivity index (χ1n) is 12.7. The summed E-state index contributed by atoms with van der Waals surface area (Å²) in [6, 6.07) is 11.3. The minimum absolute atomic E-state index is 0.0309. The van der Waals surface area contributed by atoms with Crippen molar-refractivity contribution in [3.8, 4) is 5.75 Å². The van der Waals surface area contributed by atoms with Gasteiger partial charge in [0.25, 0.3) is 0 Å². The fourth-order valence-corrected chi connectivity index (χ4v) is 5.52. The van der Waals surface area contributed by atoms with E-state index in [-0.39, 0.29) is 17.1 Å². The van der Waals surface area contributed by atoms with Crippen molar-refractivity contribution in [2.75, 3.05) is 26.2 Å². The summed E-state index contributed by atoms with van der Waals surface area (Å²) < 4.78 is 5.89. The number of amides is 2. The highest BCUT2D eigenvalue weighted by atomic mass is 16.5. The number of hydrogen-bond acceptors (Lipinski definition) is 4. The van der Waals surface area contributed by atoms with E-state index in [4.69, 9.17) is 9.84 Å². The number of piperidine rings is 1. The molecule has 2 aromatic carbocycles. The number of aromatic carboxylic acids is 1. The van der Waals surface area contributed by atoms with Crippen molar-refractivity contribution in [2.45, 2.75) is 64.1 Å². The molecule has 2 aliphatic heterocycles. The number of rotatable bonds is 8. The molecule has 1 spiro atoms. The summed E-state index contributed by atoms with van der Waals surface area (Å²) in [6.45, 7) is 8.85. The predicted molar refractivity (Wildman–Crippen MR) is 134 cm³/mol. The highest BCUT2D eigenvalue weighted by Gasteiger charge is 2.44. The normalized spacial score (nSPS) is 19.7. The molecule has 0 unspecified atom stereocenters. The van der Waals surface area contributed by atoms with E-state index in [1.165, 1.54) is 29.5 Å². The van der Waals surface area contributed by atoms with Crippen molar-refractivity contribution < 1.29 is 19.4 Å². The fraction of sp³-hybridized carbons (Fsp3) is 0.500. The Bertz CT molecular complexity index is 1100. The molecule has 1 saturated carbocycles. The van der Waals surface area contributed by atoms with E-state index in [1.807, 2.05) is 11.8 Å². The zero-order valence-electron chi connectivity index (χ0n) is 20.7. The molecule has 2 saturated heterocycles. The Kier molecular flexibility index (Phi) is 6.45. The van der Waals surface area contributed by atoms with E-state index < -0.39 is 5.97 Å². The lowest BCUT2D eigenvalue weighted by molar-refractivity contribution is 0.0696. The molecule has 2 heterocycles. The van der Waals surface area contributed by atoms with Crippen LogP contribution in [0.2, 0.25) is 0 Å². The Morgan fingerprint density at radius 1 is 1.14 bits per heavy atom. The highest BCUT2D eigenvalue weighted by molar-refractivity contribution is 5.87. The van der Waals surface area contributed by atoms with Gasteiger partial charge in [-0.2, -0.15) is 0 Å². The third kappa shape index (κ3) is 5.15. The number of carbonyl (C=O) groups excluding carboxylic acids is 1. The Balaban J connectivity index is 1.21. The molecule has 3 aliphatic rings. The summed E-state index contributed by atoms with van der Waals surface area (Å²) in [5.41, 5.74) is 5.12. The Labute approximate surface area is 207 Å². The zero-order chi connectivity index (χ0) is 24.6. The average Bonchev–Trinajstić information content (AvgIpc) is 3.63. The maximum absolute atomic E-state index is 12.8. The second-order valence-electron chi connectivity index (χ2n) is 10.4. The van der Waals surface area contributed by atoms with Gasteiger partial charge in [0.05, 0.1) is 17.7 Å². The van der Waals surface area contributed by atoms with Crippen LogP contribution < -0.4 is 10.1 Å². The van der Waals surface area contributed by atoms with E-state index in [0.29, 0.717) is 25.6 Å². The molecule has 186 valence electrons. The number of likely N-dealkylation sites (tertiary alicyclic amines) is 1. The summed E-state index contributed by atoms with van der Waals surface area (Å²) in [7, 11) is 0. The summed E-state index contributed by atoms with van der Waals surface area (Å²) in [6.07, 6.45) is 4.42. The van der Waals surface area contributed by atoms with Crippen LogP contribution in [0, 0.1) is 6.92 Å². The maximum Gasteiger partial charge on any atom is 0.335 e. The second-order valence-corrected chi connectivity index (χ2v) is 10.4. The highest BCUT2D eigenvalue weighted by Crippen LogP contribution is 2.44. The minimum atomic E-state index is -0.940. The predicted octanol–water partition coefficient (Wildman–Crippen LogP) is 4.53. The molecule has 3 fully saturated rings. The van der Waals surface area contributed by atoms with E-state index >= 15 is 0 Å². The minimum Gasteiger partial charge on any atom is -0.494 e. The number of aryl methyl sites for hydroxylation is 1. The zero-order valence-corrected chi connectivity index (χ0v) is 20.7. The molecule has 0 bridgehead atoms. The van der Waals surface area contributed by atoms with Crippen LogP contribution in [0.1, 0.15) is 71.1 Å². The largest absolute Gasteiger partial charge is 0.494 e. The van der Waals surface area contributed by atoms with Crippen molar-refractivity contribution >= 4 is 12.0 Å². The fourth-order valence-electron chi connectivity index (χ4n) is 5.52. The third-order valence-electron chi connectivity index (χ3n) is 7.69. The lowest BCUT2D eigenvalue weighted by atomic mass is 9.87. The summed E-state index contributed by atoms with van der Waals surface area (Å²) in [5, 5.41) is 12.4. The standard InChI is InChI=1S/C28H35N3O4/c1-3-35-25-15-23(24(14-19(25)2)21-8-9-21)17-30-12-10-28(11-13-30)18-31(27(34)29-28)16-20-4-6-22(7-5-20)26(32)33/h4-7,14-15,21H,3,8-13,16-18H2,1-2H3,(H,29,34)(H,32,33). The van der Waals surface area contributed by atoms with Gasteiger partial charge in [-0.05, 0) is 85.9 Å². The number of urea groups is 1. The topological polar surface area (TPSA) is 82.1 Å².